The summed E-state index contributed by atoms with van der Waals surface area (Å²) in [5, 5.41) is 2.94. The van der Waals surface area contributed by atoms with E-state index in [9.17, 15) is 22.8 Å². The Morgan fingerprint density at radius 3 is 2.39 bits per heavy atom. The molecule has 9 heteroatoms. The Morgan fingerprint density at radius 2 is 1.69 bits per heavy atom. The number of amides is 3. The molecule has 0 atom stereocenters. The molecule has 36 heavy (non-hydrogen) atoms. The van der Waals surface area contributed by atoms with Gasteiger partial charge in [0.05, 0.1) is 11.4 Å². The van der Waals surface area contributed by atoms with Crippen LogP contribution in [0.2, 0.25) is 0 Å². The zero-order valence-electron chi connectivity index (χ0n) is 19.9. The number of alkyl halides is 3. The second kappa shape index (κ2) is 10.3. The zero-order valence-corrected chi connectivity index (χ0v) is 19.9. The maximum atomic E-state index is 13.4. The molecule has 0 aromatic heterocycles. The van der Waals surface area contributed by atoms with Crippen molar-refractivity contribution in [1.29, 1.82) is 0 Å². The van der Waals surface area contributed by atoms with Crippen molar-refractivity contribution in [1.82, 2.24) is 4.90 Å². The highest BCUT2D eigenvalue weighted by Crippen LogP contribution is 2.31. The summed E-state index contributed by atoms with van der Waals surface area (Å²) in [4.78, 5) is 29.6. The minimum atomic E-state index is -4.76. The lowest BCUT2D eigenvalue weighted by molar-refractivity contribution is -0.274. The van der Waals surface area contributed by atoms with E-state index in [2.05, 4.69) is 10.1 Å². The first-order valence-electron chi connectivity index (χ1n) is 11.5. The van der Waals surface area contributed by atoms with Gasteiger partial charge in [0.25, 0.3) is 5.91 Å². The summed E-state index contributed by atoms with van der Waals surface area (Å²) in [6, 6.07) is 18.0. The minimum Gasteiger partial charge on any atom is -0.406 e. The summed E-state index contributed by atoms with van der Waals surface area (Å²) in [6.45, 7) is 5.03. The number of halogens is 3. The molecule has 1 heterocycles. The van der Waals surface area contributed by atoms with Crippen molar-refractivity contribution in [2.45, 2.75) is 33.2 Å². The predicted octanol–water partition coefficient (Wildman–Crippen LogP) is 6.29. The van der Waals surface area contributed by atoms with Crippen LogP contribution < -0.4 is 15.0 Å². The van der Waals surface area contributed by atoms with Crippen LogP contribution in [0.25, 0.3) is 0 Å². The molecular formula is C27H26F3N3O3. The van der Waals surface area contributed by atoms with Crippen LogP contribution in [0.3, 0.4) is 0 Å². The van der Waals surface area contributed by atoms with Crippen LogP contribution in [-0.4, -0.2) is 36.3 Å². The molecule has 0 unspecified atom stereocenters. The fourth-order valence-electron chi connectivity index (χ4n) is 4.13. The quantitative estimate of drug-likeness (QED) is 0.436. The number of aryl methyl sites for hydroxylation is 2. The van der Waals surface area contributed by atoms with Gasteiger partial charge in [-0.2, -0.15) is 0 Å². The largest absolute Gasteiger partial charge is 0.573 e. The summed E-state index contributed by atoms with van der Waals surface area (Å²) in [6.07, 6.45) is -4.06. The number of nitrogens with one attached hydrogen (secondary N) is 1. The van der Waals surface area contributed by atoms with E-state index in [1.807, 2.05) is 44.2 Å². The maximum absolute atomic E-state index is 13.4. The van der Waals surface area contributed by atoms with Crippen molar-refractivity contribution in [2.75, 3.05) is 23.3 Å². The van der Waals surface area contributed by atoms with Gasteiger partial charge in [-0.15, -0.1) is 13.2 Å². The summed E-state index contributed by atoms with van der Waals surface area (Å²) < 4.78 is 41.2. The molecule has 6 nitrogen and oxygen atoms in total. The van der Waals surface area contributed by atoms with E-state index < -0.39 is 6.36 Å². The molecule has 0 aliphatic carbocycles. The van der Waals surface area contributed by atoms with Gasteiger partial charge in [0.2, 0.25) is 0 Å². The second-order valence-electron chi connectivity index (χ2n) is 8.75. The third kappa shape index (κ3) is 6.16. The molecule has 188 valence electrons. The average molecular weight is 498 g/mol. The number of carbonyl (C=O) groups is 2. The normalized spacial score (nSPS) is 14.1. The summed E-state index contributed by atoms with van der Waals surface area (Å²) >= 11 is 0. The molecule has 3 aromatic rings. The van der Waals surface area contributed by atoms with Crippen LogP contribution in [0.5, 0.6) is 5.75 Å². The Hall–Kier alpha value is -4.01. The summed E-state index contributed by atoms with van der Waals surface area (Å²) in [7, 11) is 0. The highest BCUT2D eigenvalue weighted by atomic mass is 19.4. The topological polar surface area (TPSA) is 61.9 Å². The van der Waals surface area contributed by atoms with E-state index >= 15 is 0 Å². The number of urea groups is 1. The van der Waals surface area contributed by atoms with Gasteiger partial charge in [0.15, 0.2) is 0 Å². The number of benzene rings is 3. The Kier molecular flexibility index (Phi) is 7.19. The molecule has 1 aliphatic rings. The number of rotatable bonds is 6. The molecule has 1 aliphatic heterocycles. The van der Waals surface area contributed by atoms with Crippen LogP contribution in [0, 0.1) is 13.8 Å². The van der Waals surface area contributed by atoms with Crippen LogP contribution in [0.15, 0.2) is 66.7 Å². The van der Waals surface area contributed by atoms with E-state index in [0.717, 1.165) is 11.1 Å². The third-order valence-corrected chi connectivity index (χ3v) is 5.81. The van der Waals surface area contributed by atoms with Crippen molar-refractivity contribution >= 4 is 23.3 Å². The maximum Gasteiger partial charge on any atom is 0.573 e. The molecule has 0 saturated carbocycles. The first kappa shape index (κ1) is 25.1. The summed E-state index contributed by atoms with van der Waals surface area (Å²) in [5.41, 5.74) is 4.21. The number of anilines is 2. The molecule has 3 aromatic carbocycles. The van der Waals surface area contributed by atoms with E-state index in [1.165, 1.54) is 24.3 Å². The standard InChI is InChI=1S/C27H26F3N3O3/c1-18-5-3-6-21(15-18)25(34)31-23-16-19(2)7-12-24(23)33-14-4-13-32(26(33)35)17-20-8-10-22(11-9-20)36-27(28,29)30/h3,5-12,15-16H,4,13-14,17H2,1-2H3,(H,31,34). The number of nitrogens with zero attached hydrogens (tertiary/aromatic N) is 2. The lowest BCUT2D eigenvalue weighted by Crippen LogP contribution is -2.49. The second-order valence-corrected chi connectivity index (χ2v) is 8.75. The van der Waals surface area contributed by atoms with Gasteiger partial charge >= 0.3 is 12.4 Å². The molecule has 3 amide bonds. The third-order valence-electron chi connectivity index (χ3n) is 5.81. The molecular weight excluding hydrogens is 471 g/mol. The predicted molar refractivity (Wildman–Crippen MR) is 131 cm³/mol. The monoisotopic (exact) mass is 497 g/mol. The van der Waals surface area contributed by atoms with Gasteiger partial charge in [-0.1, -0.05) is 35.9 Å². The molecule has 0 bridgehead atoms. The van der Waals surface area contributed by atoms with Crippen LogP contribution in [0.4, 0.5) is 29.3 Å². The Labute approximate surface area is 207 Å². The molecule has 0 spiro atoms. The van der Waals surface area contributed by atoms with E-state index in [4.69, 9.17) is 0 Å². The summed E-state index contributed by atoms with van der Waals surface area (Å²) in [5.74, 6) is -0.584. The van der Waals surface area contributed by atoms with Crippen molar-refractivity contribution in [2.24, 2.45) is 0 Å². The fraction of sp³-hybridized carbons (Fsp3) is 0.259. The van der Waals surface area contributed by atoms with Gasteiger partial charge < -0.3 is 15.0 Å². The van der Waals surface area contributed by atoms with Crippen LogP contribution in [0.1, 0.15) is 33.5 Å². The molecule has 1 N–H and O–H groups in total. The van der Waals surface area contributed by atoms with Crippen molar-refractivity contribution < 1.29 is 27.5 Å². The lowest BCUT2D eigenvalue weighted by Gasteiger charge is -2.36. The number of hydrogen-bond acceptors (Lipinski definition) is 3. The smallest absolute Gasteiger partial charge is 0.406 e. The van der Waals surface area contributed by atoms with Gasteiger partial charge in [0.1, 0.15) is 5.75 Å². The minimum absolute atomic E-state index is 0.235. The number of carbonyl (C=O) groups excluding carboxylic acids is 2. The average Bonchev–Trinajstić information content (AvgIpc) is 2.81. The number of hydrogen-bond donors (Lipinski definition) is 1. The van der Waals surface area contributed by atoms with Crippen LogP contribution >= 0.6 is 0 Å². The molecule has 0 radical (unpaired) electrons. The van der Waals surface area contributed by atoms with Crippen molar-refractivity contribution in [3.05, 3.63) is 89.0 Å². The Bertz CT molecular complexity index is 1260. The van der Waals surface area contributed by atoms with Gasteiger partial charge in [-0.05, 0) is 67.8 Å². The first-order valence-corrected chi connectivity index (χ1v) is 11.5. The SMILES string of the molecule is Cc1cccc(C(=O)Nc2cc(C)ccc2N2CCCN(Cc3ccc(OC(F)(F)F)cc3)C2=O)c1. The molecule has 4 rings (SSSR count). The van der Waals surface area contributed by atoms with E-state index in [-0.39, 0.29) is 24.2 Å². The molecule has 1 fully saturated rings. The fourth-order valence-corrected chi connectivity index (χ4v) is 4.13. The van der Waals surface area contributed by atoms with Gasteiger partial charge in [-0.25, -0.2) is 4.79 Å². The van der Waals surface area contributed by atoms with Gasteiger partial charge in [-0.3, -0.25) is 9.69 Å². The highest BCUT2D eigenvalue weighted by molar-refractivity contribution is 6.07. The first-order chi connectivity index (χ1) is 17.1. The highest BCUT2D eigenvalue weighted by Gasteiger charge is 2.31. The van der Waals surface area contributed by atoms with Crippen molar-refractivity contribution in [3.63, 3.8) is 0 Å². The lowest BCUT2D eigenvalue weighted by atomic mass is 10.1. The van der Waals surface area contributed by atoms with Gasteiger partial charge in [0, 0.05) is 25.2 Å². The Morgan fingerprint density at radius 1 is 0.972 bits per heavy atom. The van der Waals surface area contributed by atoms with E-state index in [0.29, 0.717) is 42.0 Å². The molecule has 1 saturated heterocycles. The van der Waals surface area contributed by atoms with Crippen molar-refractivity contribution in [3.8, 4) is 5.75 Å². The number of ether oxygens (including phenoxy) is 1. The Balaban J connectivity index is 1.51. The van der Waals surface area contributed by atoms with E-state index in [1.54, 1.807) is 21.9 Å². The van der Waals surface area contributed by atoms with Crippen LogP contribution in [-0.2, 0) is 6.54 Å². The zero-order chi connectivity index (χ0) is 25.9.